The Morgan fingerprint density at radius 2 is 2.03 bits per heavy atom. The maximum Gasteiger partial charge on any atom is 0.390 e. The van der Waals surface area contributed by atoms with Gasteiger partial charge in [-0.3, -0.25) is 4.79 Å². The van der Waals surface area contributed by atoms with E-state index in [0.29, 0.717) is 41.7 Å². The minimum atomic E-state index is -0.543. The number of nitrogens with zero attached hydrogens (tertiary/aromatic N) is 3. The first-order valence-corrected chi connectivity index (χ1v) is 9.24. The molecule has 0 aliphatic rings. The van der Waals surface area contributed by atoms with E-state index in [9.17, 15) is 14.9 Å². The molecule has 2 aromatic carbocycles. The highest BCUT2D eigenvalue weighted by molar-refractivity contribution is 6.30. The second-order valence-corrected chi connectivity index (χ2v) is 6.76. The van der Waals surface area contributed by atoms with E-state index in [1.54, 1.807) is 43.3 Å². The Hall–Kier alpha value is -3.39. The van der Waals surface area contributed by atoms with E-state index in [4.69, 9.17) is 16.3 Å². The lowest BCUT2D eigenvalue weighted by Crippen LogP contribution is -2.27. The van der Waals surface area contributed by atoms with Gasteiger partial charge in [0.1, 0.15) is 12.4 Å². The first-order valence-electron chi connectivity index (χ1n) is 8.87. The summed E-state index contributed by atoms with van der Waals surface area (Å²) in [7, 11) is 0. The molecule has 0 spiro atoms. The third-order valence-electron chi connectivity index (χ3n) is 4.16. The zero-order valence-electron chi connectivity index (χ0n) is 15.7. The predicted octanol–water partition coefficient (Wildman–Crippen LogP) is 3.76. The van der Waals surface area contributed by atoms with Crippen LogP contribution in [-0.2, 0) is 13.2 Å². The van der Waals surface area contributed by atoms with Gasteiger partial charge in [-0.05, 0) is 47.7 Å². The lowest BCUT2D eigenvalue weighted by Gasteiger charge is -2.09. The van der Waals surface area contributed by atoms with Gasteiger partial charge in [0.15, 0.2) is 0 Å². The molecule has 3 rings (SSSR count). The zero-order chi connectivity index (χ0) is 20.8. The maximum absolute atomic E-state index is 12.4. The number of benzene rings is 2. The Morgan fingerprint density at radius 1 is 1.24 bits per heavy atom. The fraction of sp³-hybridized carbons (Fsp3) is 0.200. The minimum Gasteiger partial charge on any atom is -0.489 e. The van der Waals surface area contributed by atoms with Crippen molar-refractivity contribution < 1.29 is 14.5 Å². The lowest BCUT2D eigenvalue weighted by atomic mass is 10.1. The number of amides is 1. The number of aryl methyl sites for hydroxylation is 1. The molecule has 8 nitrogen and oxygen atoms in total. The highest BCUT2D eigenvalue weighted by Crippen LogP contribution is 2.18. The van der Waals surface area contributed by atoms with E-state index in [1.165, 1.54) is 10.7 Å². The molecule has 9 heteroatoms. The summed E-state index contributed by atoms with van der Waals surface area (Å²) in [5.41, 5.74) is 2.00. The van der Waals surface area contributed by atoms with E-state index in [1.807, 2.05) is 12.1 Å². The number of ether oxygens (including phenoxy) is 1. The molecule has 0 radical (unpaired) electrons. The van der Waals surface area contributed by atoms with Crippen molar-refractivity contribution in [2.24, 2.45) is 0 Å². The summed E-state index contributed by atoms with van der Waals surface area (Å²) in [6.07, 6.45) is 0. The number of rotatable bonds is 8. The average Bonchev–Trinajstić information content (AvgIpc) is 3.08. The smallest absolute Gasteiger partial charge is 0.390 e. The van der Waals surface area contributed by atoms with Gasteiger partial charge in [0.05, 0.1) is 23.4 Å². The van der Waals surface area contributed by atoms with Gasteiger partial charge in [0.25, 0.3) is 5.91 Å². The van der Waals surface area contributed by atoms with Gasteiger partial charge in [0, 0.05) is 17.1 Å². The first-order chi connectivity index (χ1) is 13.9. The molecule has 0 bridgehead atoms. The van der Waals surface area contributed by atoms with E-state index in [0.717, 1.165) is 5.56 Å². The van der Waals surface area contributed by atoms with Gasteiger partial charge in [0.2, 0.25) is 0 Å². The van der Waals surface area contributed by atoms with Crippen molar-refractivity contribution in [3.63, 3.8) is 0 Å². The van der Waals surface area contributed by atoms with Gasteiger partial charge >= 0.3 is 5.82 Å². The molecule has 150 valence electrons. The third-order valence-corrected chi connectivity index (χ3v) is 4.39. The highest BCUT2D eigenvalue weighted by Gasteiger charge is 2.15. The summed E-state index contributed by atoms with van der Waals surface area (Å²) in [6, 6.07) is 15.6. The van der Waals surface area contributed by atoms with Crippen molar-refractivity contribution in [3.8, 4) is 5.75 Å². The monoisotopic (exact) mass is 414 g/mol. The summed E-state index contributed by atoms with van der Waals surface area (Å²) in [6.45, 7) is 2.66. The Balaban J connectivity index is 1.54. The molecule has 1 heterocycles. The number of nitro groups is 1. The Bertz CT molecular complexity index is 1030. The number of carbonyl (C=O) groups excluding carboxylic acids is 1. The first kappa shape index (κ1) is 20.3. The number of aromatic nitrogens is 2. The Kier molecular flexibility index (Phi) is 6.46. The fourth-order valence-corrected chi connectivity index (χ4v) is 2.89. The van der Waals surface area contributed by atoms with Crippen LogP contribution in [0.3, 0.4) is 0 Å². The van der Waals surface area contributed by atoms with Crippen LogP contribution in [0.1, 0.15) is 21.6 Å². The van der Waals surface area contributed by atoms with Crippen LogP contribution in [0.15, 0.2) is 54.6 Å². The van der Waals surface area contributed by atoms with E-state index < -0.39 is 4.92 Å². The number of carbonyl (C=O) groups is 1. The predicted molar refractivity (Wildman–Crippen MR) is 108 cm³/mol. The topological polar surface area (TPSA) is 99.3 Å². The lowest BCUT2D eigenvalue weighted by molar-refractivity contribution is -0.389. The molecule has 1 amide bonds. The van der Waals surface area contributed by atoms with Gasteiger partial charge < -0.3 is 20.2 Å². The average molecular weight is 415 g/mol. The van der Waals surface area contributed by atoms with Crippen LogP contribution in [0.25, 0.3) is 0 Å². The van der Waals surface area contributed by atoms with Gasteiger partial charge in [-0.2, -0.15) is 4.68 Å². The summed E-state index contributed by atoms with van der Waals surface area (Å²) < 4.78 is 7.19. The SMILES string of the molecule is Cc1cc([N+](=O)[O-])nn1CCNC(=O)c1cccc(COc2cccc(Cl)c2)c1. The summed E-state index contributed by atoms with van der Waals surface area (Å²) in [5, 5.41) is 18.0. The van der Waals surface area contributed by atoms with Gasteiger partial charge in [-0.1, -0.05) is 29.8 Å². The second kappa shape index (κ2) is 9.20. The molecule has 0 saturated carbocycles. The van der Waals surface area contributed by atoms with Gasteiger partial charge in [-0.25, -0.2) is 0 Å². The largest absolute Gasteiger partial charge is 0.489 e. The van der Waals surface area contributed by atoms with Crippen LogP contribution in [0.5, 0.6) is 5.75 Å². The summed E-state index contributed by atoms with van der Waals surface area (Å²) >= 11 is 5.94. The second-order valence-electron chi connectivity index (χ2n) is 6.33. The van der Waals surface area contributed by atoms with Crippen LogP contribution >= 0.6 is 11.6 Å². The molecule has 0 atom stereocenters. The van der Waals surface area contributed by atoms with Crippen molar-refractivity contribution in [2.45, 2.75) is 20.1 Å². The minimum absolute atomic E-state index is 0.207. The highest BCUT2D eigenvalue weighted by atomic mass is 35.5. The molecule has 0 aliphatic heterocycles. The van der Waals surface area contributed by atoms with Gasteiger partial charge in [-0.15, -0.1) is 0 Å². The molecule has 0 saturated heterocycles. The number of hydrogen-bond acceptors (Lipinski definition) is 5. The van der Waals surface area contributed by atoms with Crippen molar-refractivity contribution in [3.05, 3.63) is 86.6 Å². The number of nitrogens with one attached hydrogen (secondary N) is 1. The number of halogens is 1. The van der Waals surface area contributed by atoms with E-state index in [-0.39, 0.29) is 11.7 Å². The maximum atomic E-state index is 12.4. The molecule has 1 aromatic heterocycles. The Morgan fingerprint density at radius 3 is 2.76 bits per heavy atom. The molecule has 3 aromatic rings. The molecule has 0 aliphatic carbocycles. The standard InChI is InChI=1S/C20H19ClN4O4/c1-14-10-19(25(27)28)23-24(14)9-8-22-20(26)16-5-2-4-15(11-16)13-29-18-7-3-6-17(21)12-18/h2-7,10-12H,8-9,13H2,1H3,(H,22,26). The fourth-order valence-electron chi connectivity index (χ4n) is 2.71. The van der Waals surface area contributed by atoms with E-state index >= 15 is 0 Å². The van der Waals surface area contributed by atoms with Crippen molar-refractivity contribution in [1.29, 1.82) is 0 Å². The van der Waals surface area contributed by atoms with Crippen LogP contribution in [0.2, 0.25) is 5.02 Å². The van der Waals surface area contributed by atoms with Crippen molar-refractivity contribution in [1.82, 2.24) is 15.1 Å². The quantitative estimate of drug-likeness (QED) is 0.447. The van der Waals surface area contributed by atoms with E-state index in [2.05, 4.69) is 10.4 Å². The normalized spacial score (nSPS) is 10.6. The summed E-state index contributed by atoms with van der Waals surface area (Å²) in [5.74, 6) is 0.200. The van der Waals surface area contributed by atoms with Crippen LogP contribution in [-0.4, -0.2) is 27.2 Å². The molecule has 0 fully saturated rings. The Labute approximate surface area is 172 Å². The zero-order valence-corrected chi connectivity index (χ0v) is 16.4. The van der Waals surface area contributed by atoms with Crippen LogP contribution < -0.4 is 10.1 Å². The molecule has 0 unspecified atom stereocenters. The van der Waals surface area contributed by atoms with Crippen molar-refractivity contribution >= 4 is 23.3 Å². The number of hydrogen-bond donors (Lipinski definition) is 1. The summed E-state index contributed by atoms with van der Waals surface area (Å²) in [4.78, 5) is 22.6. The molecular formula is C20H19ClN4O4. The van der Waals surface area contributed by atoms with Crippen LogP contribution in [0.4, 0.5) is 5.82 Å². The molecular weight excluding hydrogens is 396 g/mol. The molecule has 1 N–H and O–H groups in total. The third kappa shape index (κ3) is 5.55. The van der Waals surface area contributed by atoms with Crippen LogP contribution in [0, 0.1) is 17.0 Å². The molecule has 29 heavy (non-hydrogen) atoms. The van der Waals surface area contributed by atoms with Crippen molar-refractivity contribution in [2.75, 3.05) is 6.54 Å².